The molecule has 3 unspecified atom stereocenters. The van der Waals surface area contributed by atoms with Crippen LogP contribution in [0.4, 0.5) is 0 Å². The molecule has 1 aliphatic carbocycles. The summed E-state index contributed by atoms with van der Waals surface area (Å²) >= 11 is 12.2. The lowest BCUT2D eigenvalue weighted by Gasteiger charge is -2.32. The molecule has 1 nitrogen and oxygen atoms in total. The van der Waals surface area contributed by atoms with Crippen molar-refractivity contribution in [3.05, 3.63) is 33.8 Å². The van der Waals surface area contributed by atoms with Crippen LogP contribution in [0.5, 0.6) is 0 Å². The number of halogens is 2. The summed E-state index contributed by atoms with van der Waals surface area (Å²) in [6, 6.07) is 5.46. The number of benzene rings is 1. The van der Waals surface area contributed by atoms with Gasteiger partial charge < -0.3 is 5.11 Å². The molecule has 0 spiro atoms. The van der Waals surface area contributed by atoms with Gasteiger partial charge in [0, 0.05) is 16.5 Å². The third kappa shape index (κ3) is 4.11. The Kier molecular flexibility index (Phi) is 5.56. The van der Waals surface area contributed by atoms with E-state index in [0.717, 1.165) is 24.3 Å². The zero-order chi connectivity index (χ0) is 13.8. The summed E-state index contributed by atoms with van der Waals surface area (Å²) in [5, 5.41) is 11.8. The van der Waals surface area contributed by atoms with Crippen LogP contribution in [0.25, 0.3) is 0 Å². The first-order valence-electron chi connectivity index (χ1n) is 7.22. The zero-order valence-corrected chi connectivity index (χ0v) is 12.9. The molecule has 0 aromatic heterocycles. The number of aliphatic hydroxyl groups is 1. The van der Waals surface area contributed by atoms with Gasteiger partial charge in [-0.3, -0.25) is 0 Å². The Hall–Kier alpha value is -0.240. The van der Waals surface area contributed by atoms with E-state index in [1.807, 2.05) is 12.1 Å². The lowest BCUT2D eigenvalue weighted by atomic mass is 9.76. The molecule has 0 saturated heterocycles. The van der Waals surface area contributed by atoms with Crippen LogP contribution in [-0.4, -0.2) is 11.2 Å². The van der Waals surface area contributed by atoms with E-state index in [1.165, 1.54) is 19.3 Å². The Labute approximate surface area is 125 Å². The molecule has 0 radical (unpaired) electrons. The smallest absolute Gasteiger partial charge is 0.0609 e. The third-order valence-corrected chi connectivity index (χ3v) is 4.99. The third-order valence-electron chi connectivity index (χ3n) is 4.38. The maximum atomic E-state index is 10.5. The van der Waals surface area contributed by atoms with Crippen molar-refractivity contribution in [1.29, 1.82) is 0 Å². The van der Waals surface area contributed by atoms with Crippen LogP contribution in [-0.2, 0) is 6.42 Å². The molecule has 3 atom stereocenters. The summed E-state index contributed by atoms with van der Waals surface area (Å²) in [4.78, 5) is 0. The van der Waals surface area contributed by atoms with Gasteiger partial charge in [0.15, 0.2) is 0 Å². The molecule has 1 fully saturated rings. The number of rotatable bonds is 4. The summed E-state index contributed by atoms with van der Waals surface area (Å²) in [5.74, 6) is 1.19. The van der Waals surface area contributed by atoms with Gasteiger partial charge in [0.25, 0.3) is 0 Å². The van der Waals surface area contributed by atoms with Crippen molar-refractivity contribution in [3.8, 4) is 0 Å². The summed E-state index contributed by atoms with van der Waals surface area (Å²) in [6.45, 7) is 2.24. The van der Waals surface area contributed by atoms with Gasteiger partial charge in [-0.1, -0.05) is 49.4 Å². The molecule has 1 aromatic rings. The van der Waals surface area contributed by atoms with Crippen LogP contribution < -0.4 is 0 Å². The van der Waals surface area contributed by atoms with E-state index >= 15 is 0 Å². The Morgan fingerprint density at radius 2 is 2.11 bits per heavy atom. The molecule has 1 N–H and O–H groups in total. The van der Waals surface area contributed by atoms with E-state index in [2.05, 4.69) is 6.92 Å². The molecule has 106 valence electrons. The van der Waals surface area contributed by atoms with Gasteiger partial charge in [-0.25, -0.2) is 0 Å². The fourth-order valence-electron chi connectivity index (χ4n) is 3.14. The summed E-state index contributed by atoms with van der Waals surface area (Å²) < 4.78 is 0. The number of hydrogen-bond acceptors (Lipinski definition) is 1. The Balaban J connectivity index is 2.00. The average Bonchev–Trinajstić information content (AvgIpc) is 2.43. The Morgan fingerprint density at radius 1 is 1.32 bits per heavy atom. The minimum absolute atomic E-state index is 0.301. The second kappa shape index (κ2) is 6.97. The lowest BCUT2D eigenvalue weighted by Crippen LogP contribution is -2.28. The normalized spacial score (nSPS) is 25.3. The van der Waals surface area contributed by atoms with Gasteiger partial charge in [0.05, 0.1) is 6.10 Å². The SMILES string of the molecule is CCC1CCCC(C(O)Cc2cc(Cl)ccc2Cl)C1. The molecule has 1 saturated carbocycles. The molecule has 2 rings (SSSR count). The molecule has 0 aliphatic heterocycles. The minimum Gasteiger partial charge on any atom is -0.392 e. The highest BCUT2D eigenvalue weighted by Crippen LogP contribution is 2.34. The highest BCUT2D eigenvalue weighted by atomic mass is 35.5. The zero-order valence-electron chi connectivity index (χ0n) is 11.4. The molecule has 0 heterocycles. The Morgan fingerprint density at radius 3 is 2.84 bits per heavy atom. The largest absolute Gasteiger partial charge is 0.392 e. The molecule has 19 heavy (non-hydrogen) atoms. The minimum atomic E-state index is -0.301. The van der Waals surface area contributed by atoms with E-state index in [9.17, 15) is 5.11 Å². The predicted molar refractivity (Wildman–Crippen MR) is 81.9 cm³/mol. The van der Waals surface area contributed by atoms with E-state index in [-0.39, 0.29) is 6.10 Å². The molecular formula is C16H22Cl2O. The van der Waals surface area contributed by atoms with Crippen molar-refractivity contribution in [3.63, 3.8) is 0 Å². The van der Waals surface area contributed by atoms with Crippen molar-refractivity contribution >= 4 is 23.2 Å². The number of hydrogen-bond donors (Lipinski definition) is 1. The monoisotopic (exact) mass is 300 g/mol. The lowest BCUT2D eigenvalue weighted by molar-refractivity contribution is 0.0685. The van der Waals surface area contributed by atoms with Crippen molar-refractivity contribution in [2.75, 3.05) is 0 Å². The summed E-state index contributed by atoms with van der Waals surface area (Å²) in [5.41, 5.74) is 0.959. The van der Waals surface area contributed by atoms with Gasteiger partial charge in [0.1, 0.15) is 0 Å². The van der Waals surface area contributed by atoms with Crippen LogP contribution in [0.2, 0.25) is 10.0 Å². The maximum Gasteiger partial charge on any atom is 0.0609 e. The average molecular weight is 301 g/mol. The fraction of sp³-hybridized carbons (Fsp3) is 0.625. The van der Waals surface area contributed by atoms with Crippen LogP contribution in [0, 0.1) is 11.8 Å². The van der Waals surface area contributed by atoms with Crippen LogP contribution in [0.1, 0.15) is 44.6 Å². The topological polar surface area (TPSA) is 20.2 Å². The molecular weight excluding hydrogens is 279 g/mol. The second-order valence-electron chi connectivity index (χ2n) is 5.71. The van der Waals surface area contributed by atoms with Gasteiger partial charge in [-0.05, 0) is 48.4 Å². The molecule has 0 amide bonds. The highest BCUT2D eigenvalue weighted by molar-refractivity contribution is 6.33. The van der Waals surface area contributed by atoms with Crippen molar-refractivity contribution in [2.45, 2.75) is 51.6 Å². The standard InChI is InChI=1S/C16H22Cl2O/c1-2-11-4-3-5-12(8-11)16(19)10-13-9-14(17)6-7-15(13)18/h6-7,9,11-12,16,19H,2-5,8,10H2,1H3. The fourth-order valence-corrected chi connectivity index (χ4v) is 3.53. The Bertz CT molecular complexity index is 419. The molecule has 3 heteroatoms. The number of aliphatic hydroxyl groups excluding tert-OH is 1. The highest BCUT2D eigenvalue weighted by Gasteiger charge is 2.27. The van der Waals surface area contributed by atoms with E-state index in [1.54, 1.807) is 6.07 Å². The second-order valence-corrected chi connectivity index (χ2v) is 6.55. The first kappa shape index (κ1) is 15.2. The van der Waals surface area contributed by atoms with Crippen molar-refractivity contribution in [1.82, 2.24) is 0 Å². The van der Waals surface area contributed by atoms with E-state index in [0.29, 0.717) is 22.4 Å². The summed E-state index contributed by atoms with van der Waals surface area (Å²) in [7, 11) is 0. The van der Waals surface area contributed by atoms with Gasteiger partial charge in [0.2, 0.25) is 0 Å². The van der Waals surface area contributed by atoms with Gasteiger partial charge in [-0.2, -0.15) is 0 Å². The maximum absolute atomic E-state index is 10.5. The van der Waals surface area contributed by atoms with Gasteiger partial charge in [-0.15, -0.1) is 0 Å². The van der Waals surface area contributed by atoms with Gasteiger partial charge >= 0.3 is 0 Å². The summed E-state index contributed by atoms with van der Waals surface area (Å²) in [6.07, 6.45) is 6.37. The predicted octanol–water partition coefficient (Wildman–Crippen LogP) is 5.11. The first-order chi connectivity index (χ1) is 9.10. The molecule has 1 aromatic carbocycles. The van der Waals surface area contributed by atoms with Crippen LogP contribution in [0.3, 0.4) is 0 Å². The van der Waals surface area contributed by atoms with E-state index in [4.69, 9.17) is 23.2 Å². The molecule has 1 aliphatic rings. The quantitative estimate of drug-likeness (QED) is 0.819. The molecule has 0 bridgehead atoms. The van der Waals surface area contributed by atoms with Crippen molar-refractivity contribution < 1.29 is 5.11 Å². The van der Waals surface area contributed by atoms with Crippen LogP contribution >= 0.6 is 23.2 Å². The van der Waals surface area contributed by atoms with E-state index < -0.39 is 0 Å². The first-order valence-corrected chi connectivity index (χ1v) is 7.97. The van der Waals surface area contributed by atoms with Crippen molar-refractivity contribution in [2.24, 2.45) is 11.8 Å². The van der Waals surface area contributed by atoms with Crippen LogP contribution in [0.15, 0.2) is 18.2 Å².